The molecule has 1 aliphatic rings. The Morgan fingerprint density at radius 3 is 1.87 bits per heavy atom. The molecule has 1 fully saturated rings. The average molecular weight is 232 g/mol. The average Bonchev–Trinajstić information content (AvgIpc) is 2.41. The first-order chi connectivity index (χ1) is 7.09. The van der Waals surface area contributed by atoms with Crippen LogP contribution in [-0.4, -0.2) is 6.54 Å². The summed E-state index contributed by atoms with van der Waals surface area (Å²) >= 11 is 5.45. The van der Waals surface area contributed by atoms with Gasteiger partial charge < -0.3 is 0 Å². The van der Waals surface area contributed by atoms with Gasteiger partial charge >= 0.3 is 0 Å². The van der Waals surface area contributed by atoms with Crippen LogP contribution < -0.4 is 4.84 Å². The van der Waals surface area contributed by atoms with Gasteiger partial charge in [-0.3, -0.25) is 0 Å². The van der Waals surface area contributed by atoms with Crippen molar-refractivity contribution in [2.24, 2.45) is 29.6 Å². The smallest absolute Gasteiger partial charge is 0.0108 e. The first-order valence-electron chi connectivity index (χ1n) is 6.43. The van der Waals surface area contributed by atoms with E-state index in [1.165, 1.54) is 19.3 Å². The second-order valence-corrected chi connectivity index (χ2v) is 5.75. The lowest BCUT2D eigenvalue weighted by Crippen LogP contribution is -2.13. The van der Waals surface area contributed by atoms with Gasteiger partial charge in [-0.05, 0) is 54.2 Å². The summed E-state index contributed by atoms with van der Waals surface area (Å²) in [4.78, 5) is 2.71. The van der Waals surface area contributed by atoms with Gasteiger partial charge in [0.15, 0.2) is 0 Å². The zero-order valence-corrected chi connectivity index (χ0v) is 11.3. The Hall–Kier alpha value is 0.250. The fourth-order valence-electron chi connectivity index (χ4n) is 3.31. The predicted molar refractivity (Wildman–Crippen MR) is 67.9 cm³/mol. The normalized spacial score (nSPS) is 41.0. The Labute approximate surface area is 100 Å². The largest absolute Gasteiger partial charge is 0.234 e. The molecule has 1 aliphatic carbocycles. The zero-order chi connectivity index (χ0) is 11.4. The van der Waals surface area contributed by atoms with Crippen LogP contribution in [0, 0.1) is 29.6 Å². The van der Waals surface area contributed by atoms with Gasteiger partial charge in [0.2, 0.25) is 0 Å². The number of halogens is 1. The topological polar surface area (TPSA) is 12.0 Å². The second kappa shape index (κ2) is 6.10. The number of unbranched alkanes of at least 4 members (excludes halogenated alkanes) is 1. The highest BCUT2D eigenvalue weighted by molar-refractivity contribution is 6.13. The summed E-state index contributed by atoms with van der Waals surface area (Å²) in [5.74, 6) is 4.54. The molecule has 1 saturated carbocycles. The number of nitrogens with one attached hydrogen (secondary N) is 1. The zero-order valence-electron chi connectivity index (χ0n) is 10.6. The van der Waals surface area contributed by atoms with Crippen LogP contribution in [0.25, 0.3) is 0 Å². The first kappa shape index (κ1) is 13.3. The van der Waals surface area contributed by atoms with Crippen molar-refractivity contribution in [1.82, 2.24) is 4.84 Å². The summed E-state index contributed by atoms with van der Waals surface area (Å²) in [5, 5.41) is 0. The highest BCUT2D eigenvalue weighted by Gasteiger charge is 2.40. The van der Waals surface area contributed by atoms with E-state index in [1.807, 2.05) is 0 Å². The van der Waals surface area contributed by atoms with Crippen LogP contribution in [0.1, 0.15) is 47.0 Å². The molecule has 0 aromatic heterocycles. The van der Waals surface area contributed by atoms with Gasteiger partial charge in [-0.2, -0.15) is 0 Å². The molecule has 1 nitrogen and oxygen atoms in total. The summed E-state index contributed by atoms with van der Waals surface area (Å²) in [7, 11) is 0. The van der Waals surface area contributed by atoms with Crippen molar-refractivity contribution >= 4 is 11.8 Å². The Bertz CT molecular complexity index is 169. The summed E-state index contributed by atoms with van der Waals surface area (Å²) in [6.07, 6.45) is 3.91. The molecule has 0 aromatic rings. The van der Waals surface area contributed by atoms with Crippen LogP contribution in [0.2, 0.25) is 0 Å². The molecule has 0 heterocycles. The van der Waals surface area contributed by atoms with Crippen LogP contribution in [0.3, 0.4) is 0 Å². The predicted octanol–water partition coefficient (Wildman–Crippen LogP) is 4.07. The van der Waals surface area contributed by atoms with E-state index in [0.717, 1.165) is 36.1 Å². The summed E-state index contributed by atoms with van der Waals surface area (Å²) in [6.45, 7) is 10.7. The molecule has 4 atom stereocenters. The molecule has 0 spiro atoms. The van der Waals surface area contributed by atoms with E-state index in [-0.39, 0.29) is 0 Å². The molecule has 4 unspecified atom stereocenters. The lowest BCUT2D eigenvalue weighted by Gasteiger charge is -2.21. The number of rotatable bonds is 5. The Kier molecular flexibility index (Phi) is 5.42. The molecule has 0 radical (unpaired) electrons. The van der Waals surface area contributed by atoms with E-state index in [2.05, 4.69) is 32.5 Å². The maximum atomic E-state index is 5.45. The number of hydrogen-bond acceptors (Lipinski definition) is 1. The third kappa shape index (κ3) is 3.10. The van der Waals surface area contributed by atoms with Crippen LogP contribution >= 0.6 is 11.8 Å². The minimum absolute atomic E-state index is 0.899. The van der Waals surface area contributed by atoms with Crippen LogP contribution in [0.5, 0.6) is 0 Å². The molecule has 2 heteroatoms. The SMILES string of the molecule is CC1C(C)C(C)C(CCCCNCl)C1C. The van der Waals surface area contributed by atoms with Crippen molar-refractivity contribution in [3.8, 4) is 0 Å². The highest BCUT2D eigenvalue weighted by Crippen LogP contribution is 2.47. The summed E-state index contributed by atoms with van der Waals surface area (Å²) in [6, 6.07) is 0. The Morgan fingerprint density at radius 1 is 0.867 bits per heavy atom. The molecule has 90 valence electrons. The molecular weight excluding hydrogens is 206 g/mol. The van der Waals surface area contributed by atoms with Crippen molar-refractivity contribution in [1.29, 1.82) is 0 Å². The first-order valence-corrected chi connectivity index (χ1v) is 6.80. The molecule has 1 rings (SSSR count). The lowest BCUT2D eigenvalue weighted by molar-refractivity contribution is 0.291. The molecule has 1 N–H and O–H groups in total. The van der Waals surface area contributed by atoms with Crippen molar-refractivity contribution in [3.05, 3.63) is 0 Å². The minimum atomic E-state index is 0.899. The fourth-order valence-corrected chi connectivity index (χ4v) is 3.45. The Morgan fingerprint density at radius 2 is 1.40 bits per heavy atom. The van der Waals surface area contributed by atoms with Gasteiger partial charge in [0, 0.05) is 6.54 Å². The molecule has 15 heavy (non-hydrogen) atoms. The van der Waals surface area contributed by atoms with Gasteiger partial charge in [0.25, 0.3) is 0 Å². The maximum absolute atomic E-state index is 5.45. The van der Waals surface area contributed by atoms with Gasteiger partial charge in [-0.25, -0.2) is 4.84 Å². The summed E-state index contributed by atoms with van der Waals surface area (Å²) in [5.41, 5.74) is 0. The van der Waals surface area contributed by atoms with Crippen molar-refractivity contribution < 1.29 is 0 Å². The van der Waals surface area contributed by atoms with E-state index in [0.29, 0.717) is 0 Å². The number of hydrogen-bond donors (Lipinski definition) is 1. The maximum Gasteiger partial charge on any atom is 0.0108 e. The molecule has 0 aromatic carbocycles. The monoisotopic (exact) mass is 231 g/mol. The molecule has 0 bridgehead atoms. The lowest BCUT2D eigenvalue weighted by atomic mass is 9.85. The van der Waals surface area contributed by atoms with Gasteiger partial charge in [-0.1, -0.05) is 34.1 Å². The van der Waals surface area contributed by atoms with Gasteiger partial charge in [0.05, 0.1) is 0 Å². The van der Waals surface area contributed by atoms with E-state index in [9.17, 15) is 0 Å². The fraction of sp³-hybridized carbons (Fsp3) is 1.00. The third-order valence-corrected chi connectivity index (χ3v) is 5.09. The van der Waals surface area contributed by atoms with Crippen molar-refractivity contribution in [3.63, 3.8) is 0 Å². The second-order valence-electron chi connectivity index (χ2n) is 5.48. The van der Waals surface area contributed by atoms with Crippen LogP contribution in [0.15, 0.2) is 0 Å². The molecule has 0 amide bonds. The molecular formula is C13H26ClN. The van der Waals surface area contributed by atoms with E-state index >= 15 is 0 Å². The van der Waals surface area contributed by atoms with Crippen LogP contribution in [0.4, 0.5) is 0 Å². The highest BCUT2D eigenvalue weighted by atomic mass is 35.5. The third-order valence-electron chi connectivity index (χ3n) is 4.90. The molecule has 0 aliphatic heterocycles. The molecule has 0 saturated heterocycles. The van der Waals surface area contributed by atoms with Crippen molar-refractivity contribution in [2.75, 3.05) is 6.54 Å². The van der Waals surface area contributed by atoms with E-state index < -0.39 is 0 Å². The quantitative estimate of drug-likeness (QED) is 0.556. The summed E-state index contributed by atoms with van der Waals surface area (Å²) < 4.78 is 0. The Balaban J connectivity index is 2.34. The van der Waals surface area contributed by atoms with Gasteiger partial charge in [0.1, 0.15) is 0 Å². The van der Waals surface area contributed by atoms with Crippen LogP contribution in [-0.2, 0) is 0 Å². The standard InChI is InChI=1S/C13H26ClN/c1-9-10(2)12(4)13(11(9)3)7-5-6-8-15-14/h9-13,15H,5-8H2,1-4H3. The van der Waals surface area contributed by atoms with E-state index in [1.54, 1.807) is 0 Å². The van der Waals surface area contributed by atoms with Gasteiger partial charge in [-0.15, -0.1) is 0 Å². The minimum Gasteiger partial charge on any atom is -0.234 e. The van der Waals surface area contributed by atoms with E-state index in [4.69, 9.17) is 11.8 Å². The van der Waals surface area contributed by atoms with Crippen molar-refractivity contribution in [2.45, 2.75) is 47.0 Å².